The van der Waals surface area contributed by atoms with E-state index in [2.05, 4.69) is 0 Å². The minimum atomic E-state index is -0.610. The van der Waals surface area contributed by atoms with E-state index in [-0.39, 0.29) is 23.9 Å². The van der Waals surface area contributed by atoms with Crippen LogP contribution in [-0.2, 0) is 20.7 Å². The second-order valence-electron chi connectivity index (χ2n) is 6.58. The summed E-state index contributed by atoms with van der Waals surface area (Å²) in [5.74, 6) is 0.189. The fourth-order valence-corrected chi connectivity index (χ4v) is 3.90. The zero-order valence-corrected chi connectivity index (χ0v) is 12.7. The normalized spacial score (nSPS) is 26.2. The molecule has 22 heavy (non-hydrogen) atoms. The van der Waals surface area contributed by atoms with Crippen molar-refractivity contribution < 1.29 is 19.4 Å². The molecule has 1 unspecified atom stereocenters. The van der Waals surface area contributed by atoms with E-state index >= 15 is 0 Å². The summed E-state index contributed by atoms with van der Waals surface area (Å²) in [5.41, 5.74) is 0.477. The summed E-state index contributed by atoms with van der Waals surface area (Å²) >= 11 is 0. The van der Waals surface area contributed by atoms with E-state index in [1.54, 1.807) is 12.1 Å². The number of benzene rings is 1. The SMILES string of the molecule is O=C1CC(=O)OC(CCc2ccc(O)cc2)(C2CCCC2)C1. The first-order chi connectivity index (χ1) is 10.6. The summed E-state index contributed by atoms with van der Waals surface area (Å²) in [6.07, 6.45) is 6.09. The van der Waals surface area contributed by atoms with Crippen LogP contribution in [0.25, 0.3) is 0 Å². The molecule has 4 nitrogen and oxygen atoms in total. The number of aryl methyl sites for hydroxylation is 1. The number of ether oxygens (including phenoxy) is 1. The fraction of sp³-hybridized carbons (Fsp3) is 0.556. The maximum Gasteiger partial charge on any atom is 0.313 e. The topological polar surface area (TPSA) is 63.6 Å². The molecule has 1 heterocycles. The van der Waals surface area contributed by atoms with Gasteiger partial charge in [0.05, 0.1) is 0 Å². The first-order valence-electron chi connectivity index (χ1n) is 8.09. The molecule has 2 fully saturated rings. The van der Waals surface area contributed by atoms with Crippen LogP contribution in [0, 0.1) is 5.92 Å². The van der Waals surface area contributed by atoms with Crippen LogP contribution in [0.2, 0.25) is 0 Å². The fourth-order valence-electron chi connectivity index (χ4n) is 3.90. The average Bonchev–Trinajstić information content (AvgIpc) is 3.00. The van der Waals surface area contributed by atoms with Crippen molar-refractivity contribution in [2.45, 2.75) is 57.0 Å². The minimum absolute atomic E-state index is 0.00820. The molecule has 1 atom stereocenters. The standard InChI is InChI=1S/C18H22O4/c19-15-7-5-13(6-8-15)9-10-18(14-3-1-2-4-14)12-16(20)11-17(21)22-18/h5-8,14,19H,1-4,9-12H2. The zero-order chi connectivity index (χ0) is 15.6. The molecule has 3 rings (SSSR count). The minimum Gasteiger partial charge on any atom is -0.508 e. The molecular weight excluding hydrogens is 280 g/mol. The van der Waals surface area contributed by atoms with Crippen molar-refractivity contribution >= 4 is 11.8 Å². The highest BCUT2D eigenvalue weighted by Crippen LogP contribution is 2.43. The maximum atomic E-state index is 12.0. The number of phenolic OH excluding ortho intramolecular Hbond substituents is 1. The lowest BCUT2D eigenvalue weighted by Gasteiger charge is -2.41. The van der Waals surface area contributed by atoms with Gasteiger partial charge in [0.15, 0.2) is 0 Å². The molecule has 0 spiro atoms. The van der Waals surface area contributed by atoms with Crippen molar-refractivity contribution in [3.05, 3.63) is 29.8 Å². The molecule has 2 aliphatic rings. The molecule has 1 N–H and O–H groups in total. The van der Waals surface area contributed by atoms with Gasteiger partial charge in [-0.1, -0.05) is 25.0 Å². The number of phenols is 1. The van der Waals surface area contributed by atoms with Gasteiger partial charge in [0.1, 0.15) is 23.6 Å². The van der Waals surface area contributed by atoms with E-state index in [0.29, 0.717) is 18.8 Å². The second-order valence-corrected chi connectivity index (χ2v) is 6.58. The van der Waals surface area contributed by atoms with E-state index in [9.17, 15) is 14.7 Å². The lowest BCUT2D eigenvalue weighted by Crippen LogP contribution is -2.48. The average molecular weight is 302 g/mol. The molecule has 1 saturated carbocycles. The highest BCUT2D eigenvalue weighted by molar-refractivity contribution is 5.98. The van der Waals surface area contributed by atoms with Crippen molar-refractivity contribution in [2.75, 3.05) is 0 Å². The molecular formula is C18H22O4. The third-order valence-electron chi connectivity index (χ3n) is 5.03. The van der Waals surface area contributed by atoms with Crippen molar-refractivity contribution in [1.82, 2.24) is 0 Å². The summed E-state index contributed by atoms with van der Waals surface area (Å²) in [6.45, 7) is 0. The van der Waals surface area contributed by atoms with Gasteiger partial charge in [0.25, 0.3) is 0 Å². The van der Waals surface area contributed by atoms with Gasteiger partial charge in [-0.2, -0.15) is 0 Å². The Labute approximate surface area is 130 Å². The first-order valence-corrected chi connectivity index (χ1v) is 8.09. The Balaban J connectivity index is 1.77. The van der Waals surface area contributed by atoms with Crippen LogP contribution in [-0.4, -0.2) is 22.5 Å². The quantitative estimate of drug-likeness (QED) is 0.685. The number of hydrogen-bond donors (Lipinski definition) is 1. The lowest BCUT2D eigenvalue weighted by atomic mass is 9.76. The molecule has 0 bridgehead atoms. The van der Waals surface area contributed by atoms with Gasteiger partial charge in [-0.15, -0.1) is 0 Å². The number of cyclic esters (lactones) is 1. The summed E-state index contributed by atoms with van der Waals surface area (Å²) in [7, 11) is 0. The van der Waals surface area contributed by atoms with Gasteiger partial charge in [-0.05, 0) is 49.3 Å². The van der Waals surface area contributed by atoms with Crippen LogP contribution in [0.15, 0.2) is 24.3 Å². The predicted molar refractivity (Wildman–Crippen MR) is 81.4 cm³/mol. The second kappa shape index (κ2) is 6.11. The van der Waals surface area contributed by atoms with Gasteiger partial charge in [-0.25, -0.2) is 0 Å². The van der Waals surface area contributed by atoms with Crippen LogP contribution in [0.5, 0.6) is 5.75 Å². The third kappa shape index (κ3) is 3.16. The van der Waals surface area contributed by atoms with E-state index in [1.807, 2.05) is 12.1 Å². The largest absolute Gasteiger partial charge is 0.508 e. The molecule has 118 valence electrons. The Morgan fingerprint density at radius 3 is 2.45 bits per heavy atom. The Bertz CT molecular complexity index is 539. The summed E-state index contributed by atoms with van der Waals surface area (Å²) in [6, 6.07) is 7.08. The summed E-state index contributed by atoms with van der Waals surface area (Å²) in [5, 5.41) is 9.35. The Kier molecular flexibility index (Phi) is 4.19. The third-order valence-corrected chi connectivity index (χ3v) is 5.03. The molecule has 0 radical (unpaired) electrons. The molecule has 1 aliphatic heterocycles. The predicted octanol–water partition coefficient (Wildman–Crippen LogP) is 3.16. The van der Waals surface area contributed by atoms with Gasteiger partial charge in [-0.3, -0.25) is 9.59 Å². The first kappa shape index (κ1) is 15.1. The van der Waals surface area contributed by atoms with Crippen LogP contribution in [0.4, 0.5) is 0 Å². The number of carbonyl (C=O) groups is 2. The monoisotopic (exact) mass is 302 g/mol. The number of hydrogen-bond acceptors (Lipinski definition) is 4. The molecule has 1 aromatic rings. The van der Waals surface area contributed by atoms with Gasteiger partial charge in [0, 0.05) is 6.42 Å². The Morgan fingerprint density at radius 1 is 1.14 bits per heavy atom. The van der Waals surface area contributed by atoms with Gasteiger partial charge < -0.3 is 9.84 Å². The van der Waals surface area contributed by atoms with Crippen LogP contribution in [0.3, 0.4) is 0 Å². The highest BCUT2D eigenvalue weighted by atomic mass is 16.6. The molecule has 1 aromatic carbocycles. The highest BCUT2D eigenvalue weighted by Gasteiger charge is 2.47. The molecule has 0 aromatic heterocycles. The van der Waals surface area contributed by atoms with Crippen LogP contribution < -0.4 is 0 Å². The van der Waals surface area contributed by atoms with Crippen molar-refractivity contribution in [2.24, 2.45) is 5.92 Å². The molecule has 1 aliphatic carbocycles. The van der Waals surface area contributed by atoms with E-state index in [1.165, 1.54) is 0 Å². The van der Waals surface area contributed by atoms with Crippen molar-refractivity contribution in [3.63, 3.8) is 0 Å². The Morgan fingerprint density at radius 2 is 1.82 bits per heavy atom. The number of carbonyl (C=O) groups excluding carboxylic acids is 2. The number of ketones is 1. The lowest BCUT2D eigenvalue weighted by molar-refractivity contribution is -0.178. The summed E-state index contributed by atoms with van der Waals surface area (Å²) < 4.78 is 5.76. The van der Waals surface area contributed by atoms with Crippen LogP contribution in [0.1, 0.15) is 50.5 Å². The number of esters is 1. The molecule has 1 saturated heterocycles. The smallest absolute Gasteiger partial charge is 0.313 e. The van der Waals surface area contributed by atoms with Gasteiger partial charge in [0.2, 0.25) is 0 Å². The van der Waals surface area contributed by atoms with E-state index < -0.39 is 5.60 Å². The number of Topliss-reactive ketones (excluding diaryl/α,β-unsaturated/α-hetero) is 1. The molecule has 0 amide bonds. The van der Waals surface area contributed by atoms with Crippen molar-refractivity contribution in [1.29, 1.82) is 0 Å². The Hall–Kier alpha value is -1.84. The number of rotatable bonds is 4. The van der Waals surface area contributed by atoms with E-state index in [0.717, 1.165) is 37.7 Å². The maximum absolute atomic E-state index is 12.0. The molecule has 4 heteroatoms. The zero-order valence-electron chi connectivity index (χ0n) is 12.7. The van der Waals surface area contributed by atoms with Crippen molar-refractivity contribution in [3.8, 4) is 5.75 Å². The van der Waals surface area contributed by atoms with Crippen LogP contribution >= 0.6 is 0 Å². The van der Waals surface area contributed by atoms with E-state index in [4.69, 9.17) is 4.74 Å². The van der Waals surface area contributed by atoms with Gasteiger partial charge >= 0.3 is 5.97 Å². The summed E-state index contributed by atoms with van der Waals surface area (Å²) in [4.78, 5) is 23.8. The number of aromatic hydroxyl groups is 1.